The zero-order chi connectivity index (χ0) is 17.6. The maximum Gasteiger partial charge on any atom is 0.120 e. The van der Waals surface area contributed by atoms with Gasteiger partial charge in [-0.15, -0.1) is 5.73 Å². The number of hydrogen-bond donors (Lipinski definition) is 0. The number of hydrogen-bond acceptors (Lipinski definition) is 2. The molecule has 2 heteroatoms. The lowest BCUT2D eigenvalue weighted by atomic mass is 9.87. The average molecular weight is 332 g/mol. The van der Waals surface area contributed by atoms with Crippen LogP contribution in [0.4, 0.5) is 0 Å². The molecule has 1 atom stereocenters. The molecule has 2 nitrogen and oxygen atoms in total. The summed E-state index contributed by atoms with van der Waals surface area (Å²) >= 11 is 0. The fourth-order valence-corrected chi connectivity index (χ4v) is 3.94. The summed E-state index contributed by atoms with van der Waals surface area (Å²) < 4.78 is 6.16. The molecule has 0 bridgehead atoms. The van der Waals surface area contributed by atoms with Gasteiger partial charge in [-0.05, 0) is 58.1 Å². The molecule has 2 rings (SSSR count). The number of allylic oxidation sites excluding steroid dienone is 2. The Labute approximate surface area is 149 Å². The summed E-state index contributed by atoms with van der Waals surface area (Å²) in [5.41, 5.74) is 6.29. The summed E-state index contributed by atoms with van der Waals surface area (Å²) in [5.74, 6) is 0. The van der Waals surface area contributed by atoms with Gasteiger partial charge in [-0.2, -0.15) is 0 Å². The first-order chi connectivity index (χ1) is 11.4. The minimum Gasteiger partial charge on any atom is -0.361 e. The van der Waals surface area contributed by atoms with Crippen LogP contribution in [0.5, 0.6) is 0 Å². The molecule has 1 saturated carbocycles. The van der Waals surface area contributed by atoms with Crippen LogP contribution in [-0.2, 0) is 4.74 Å². The molecule has 0 aromatic carbocycles. The Morgan fingerprint density at radius 3 is 2.54 bits per heavy atom. The maximum absolute atomic E-state index is 6.16. The number of rotatable bonds is 6. The van der Waals surface area contributed by atoms with Crippen molar-refractivity contribution in [2.24, 2.45) is 5.41 Å². The van der Waals surface area contributed by atoms with Gasteiger partial charge in [-0.1, -0.05) is 44.8 Å². The molecule has 0 N–H and O–H groups in total. The van der Waals surface area contributed by atoms with Crippen molar-refractivity contribution in [2.75, 3.05) is 13.2 Å². The fourth-order valence-electron chi connectivity index (χ4n) is 3.94. The maximum atomic E-state index is 6.16. The Bertz CT molecular complexity index is 486. The molecule has 0 radical (unpaired) electrons. The molecule has 2 fully saturated rings. The van der Waals surface area contributed by atoms with Crippen molar-refractivity contribution in [3.63, 3.8) is 0 Å². The van der Waals surface area contributed by atoms with Gasteiger partial charge in [0.05, 0.1) is 6.61 Å². The second-order valence-electron chi connectivity index (χ2n) is 8.46. The lowest BCUT2D eigenvalue weighted by Gasteiger charge is -2.40. The van der Waals surface area contributed by atoms with Crippen molar-refractivity contribution in [3.8, 4) is 0 Å². The molecule has 0 aromatic heterocycles. The first kappa shape index (κ1) is 19.5. The zero-order valence-electron chi connectivity index (χ0n) is 16.5. The highest BCUT2D eigenvalue weighted by Gasteiger charge is 2.40. The van der Waals surface area contributed by atoms with Crippen LogP contribution in [0.1, 0.15) is 79.6 Å². The van der Waals surface area contributed by atoms with Crippen LogP contribution >= 0.6 is 0 Å². The molecule has 1 saturated heterocycles. The van der Waals surface area contributed by atoms with E-state index in [0.717, 1.165) is 32.0 Å². The molecule has 0 spiro atoms. The Hall–Kier alpha value is -0.820. The van der Waals surface area contributed by atoms with Gasteiger partial charge in [-0.25, -0.2) is 0 Å². The van der Waals surface area contributed by atoms with Crippen molar-refractivity contribution in [1.29, 1.82) is 0 Å². The fraction of sp³-hybridized carbons (Fsp3) is 0.773. The minimum absolute atomic E-state index is 0.00567. The molecule has 0 amide bonds. The van der Waals surface area contributed by atoms with E-state index in [9.17, 15) is 0 Å². The van der Waals surface area contributed by atoms with Crippen molar-refractivity contribution in [3.05, 3.63) is 29.0 Å². The molecule has 0 aromatic rings. The van der Waals surface area contributed by atoms with E-state index in [1.54, 1.807) is 0 Å². The van der Waals surface area contributed by atoms with E-state index >= 15 is 0 Å². The smallest absolute Gasteiger partial charge is 0.120 e. The third-order valence-corrected chi connectivity index (χ3v) is 5.37. The first-order valence-electron chi connectivity index (χ1n) is 9.84. The van der Waals surface area contributed by atoms with E-state index in [4.69, 9.17) is 4.74 Å². The highest BCUT2D eigenvalue weighted by Crippen LogP contribution is 2.35. The minimum atomic E-state index is 0.00567. The van der Waals surface area contributed by atoms with Crippen LogP contribution in [0.25, 0.3) is 0 Å². The molecule has 2 aliphatic rings. The summed E-state index contributed by atoms with van der Waals surface area (Å²) in [6.07, 6.45) is 13.8. The highest BCUT2D eigenvalue weighted by atomic mass is 16.5. The van der Waals surface area contributed by atoms with Gasteiger partial charge in [0.1, 0.15) is 6.23 Å². The van der Waals surface area contributed by atoms with E-state index in [0.29, 0.717) is 0 Å². The van der Waals surface area contributed by atoms with E-state index in [1.807, 2.05) is 0 Å². The van der Waals surface area contributed by atoms with Gasteiger partial charge in [-0.3, -0.25) is 4.90 Å². The lowest BCUT2D eigenvalue weighted by molar-refractivity contribution is -0.0548. The van der Waals surface area contributed by atoms with Crippen molar-refractivity contribution < 1.29 is 4.74 Å². The van der Waals surface area contributed by atoms with Crippen LogP contribution in [0.3, 0.4) is 0 Å². The van der Waals surface area contributed by atoms with Gasteiger partial charge in [0.15, 0.2) is 0 Å². The molecule has 1 aliphatic carbocycles. The summed E-state index contributed by atoms with van der Waals surface area (Å²) in [5, 5.41) is 0. The van der Waals surface area contributed by atoms with Gasteiger partial charge in [0.25, 0.3) is 0 Å². The molecule has 0 unspecified atom stereocenters. The Morgan fingerprint density at radius 1 is 1.17 bits per heavy atom. The van der Waals surface area contributed by atoms with E-state index in [-0.39, 0.29) is 11.6 Å². The van der Waals surface area contributed by atoms with E-state index in [2.05, 4.69) is 57.4 Å². The van der Waals surface area contributed by atoms with E-state index < -0.39 is 0 Å². The van der Waals surface area contributed by atoms with Gasteiger partial charge >= 0.3 is 0 Å². The predicted octanol–water partition coefficient (Wildman–Crippen LogP) is 5.85. The second-order valence-corrected chi connectivity index (χ2v) is 8.46. The van der Waals surface area contributed by atoms with Crippen LogP contribution in [0.2, 0.25) is 0 Å². The van der Waals surface area contributed by atoms with Crippen LogP contribution in [0.15, 0.2) is 29.0 Å². The lowest BCUT2D eigenvalue weighted by Crippen LogP contribution is -2.47. The molecular formula is C22H37NO. The zero-order valence-corrected chi connectivity index (χ0v) is 16.5. The largest absolute Gasteiger partial charge is 0.361 e. The summed E-state index contributed by atoms with van der Waals surface area (Å²) in [6.45, 7) is 13.1. The monoisotopic (exact) mass is 331 g/mol. The quantitative estimate of drug-likeness (QED) is 0.447. The Kier molecular flexibility index (Phi) is 7.34. The first-order valence-corrected chi connectivity index (χ1v) is 9.84. The van der Waals surface area contributed by atoms with Crippen LogP contribution < -0.4 is 0 Å². The van der Waals surface area contributed by atoms with Crippen molar-refractivity contribution >= 4 is 0 Å². The Balaban J connectivity index is 2.01. The van der Waals surface area contributed by atoms with Crippen LogP contribution in [0, 0.1) is 5.41 Å². The highest BCUT2D eigenvalue weighted by molar-refractivity contribution is 5.07. The van der Waals surface area contributed by atoms with Gasteiger partial charge in [0, 0.05) is 18.0 Å². The van der Waals surface area contributed by atoms with Gasteiger partial charge in [0.2, 0.25) is 0 Å². The normalized spacial score (nSPS) is 23.0. The van der Waals surface area contributed by atoms with Gasteiger partial charge < -0.3 is 4.74 Å². The second kappa shape index (κ2) is 9.04. The molecule has 136 valence electrons. The Morgan fingerprint density at radius 2 is 1.88 bits per heavy atom. The predicted molar refractivity (Wildman–Crippen MR) is 103 cm³/mol. The van der Waals surface area contributed by atoms with Crippen molar-refractivity contribution in [1.82, 2.24) is 4.90 Å². The SMILES string of the molecule is CC(=C=CC(C)(C)[C@@H]1OCCN1C1CCCCC1)CCC=C(C)C. The van der Waals surface area contributed by atoms with Crippen LogP contribution in [-0.4, -0.2) is 30.3 Å². The average Bonchev–Trinajstić information content (AvgIpc) is 3.04. The van der Waals surface area contributed by atoms with E-state index in [1.165, 1.54) is 43.3 Å². The standard InChI is InChI=1S/C22H37NO/c1-18(2)10-9-11-19(3)14-15-22(4,5)21-23(16-17-24-21)20-12-7-6-8-13-20/h10,15,20-21H,6-9,11-13,16-17H2,1-5H3/t14?,21-/m0/s1. The molecule has 1 heterocycles. The third kappa shape index (κ3) is 5.62. The number of nitrogens with zero attached hydrogens (tertiary/aromatic N) is 1. The number of ether oxygens (including phenoxy) is 1. The summed E-state index contributed by atoms with van der Waals surface area (Å²) in [4.78, 5) is 2.63. The molecule has 1 aliphatic heterocycles. The summed E-state index contributed by atoms with van der Waals surface area (Å²) in [6, 6.07) is 0.724. The topological polar surface area (TPSA) is 12.5 Å². The van der Waals surface area contributed by atoms with Crippen molar-refractivity contribution in [2.45, 2.75) is 91.8 Å². The molecular weight excluding hydrogens is 294 g/mol. The molecule has 24 heavy (non-hydrogen) atoms. The summed E-state index contributed by atoms with van der Waals surface area (Å²) in [7, 11) is 0. The third-order valence-electron chi connectivity index (χ3n) is 5.37.